The number of hydrogen-bond acceptors (Lipinski definition) is 4. The summed E-state index contributed by atoms with van der Waals surface area (Å²) in [6.45, 7) is 2.53. The van der Waals surface area contributed by atoms with Gasteiger partial charge in [0.1, 0.15) is 12.4 Å². The minimum atomic E-state index is -0.974. The van der Waals surface area contributed by atoms with Crippen molar-refractivity contribution in [2.75, 3.05) is 5.43 Å². The second-order valence-electron chi connectivity index (χ2n) is 6.01. The molecular formula is C22H20N2O3. The molecule has 0 bridgehead atoms. The smallest absolute Gasteiger partial charge is 0.335 e. The standard InChI is InChI=1S/C22H20N2O3/c1-16-7-2-3-9-19(16)15-27-21-12-5-4-8-18(21)14-23-24-20-11-6-10-17(13-20)22(25)26/h2-14,24H,15H2,1H3,(H,25,26). The van der Waals surface area contributed by atoms with Gasteiger partial charge in [-0.15, -0.1) is 0 Å². The Morgan fingerprint density at radius 3 is 2.67 bits per heavy atom. The van der Waals surface area contributed by atoms with E-state index in [1.54, 1.807) is 18.3 Å². The first-order valence-electron chi connectivity index (χ1n) is 8.52. The van der Waals surface area contributed by atoms with Crippen molar-refractivity contribution in [2.24, 2.45) is 5.10 Å². The fourth-order valence-electron chi connectivity index (χ4n) is 2.54. The Hall–Kier alpha value is -3.60. The summed E-state index contributed by atoms with van der Waals surface area (Å²) in [5.74, 6) is -0.247. The molecule has 3 aromatic carbocycles. The Balaban J connectivity index is 1.68. The molecule has 5 heteroatoms. The predicted octanol–water partition coefficient (Wildman–Crippen LogP) is 4.72. The van der Waals surface area contributed by atoms with E-state index in [1.807, 2.05) is 42.5 Å². The van der Waals surface area contributed by atoms with E-state index in [4.69, 9.17) is 9.84 Å². The number of nitrogens with zero attached hydrogens (tertiary/aromatic N) is 1. The zero-order chi connectivity index (χ0) is 19.1. The summed E-state index contributed by atoms with van der Waals surface area (Å²) >= 11 is 0. The molecule has 0 saturated heterocycles. The van der Waals surface area contributed by atoms with Gasteiger partial charge < -0.3 is 9.84 Å². The highest BCUT2D eigenvalue weighted by Crippen LogP contribution is 2.19. The van der Waals surface area contributed by atoms with E-state index in [1.165, 1.54) is 17.7 Å². The largest absolute Gasteiger partial charge is 0.488 e. The Morgan fingerprint density at radius 1 is 1.07 bits per heavy atom. The number of carboxylic acid groups (broad SMARTS) is 1. The Labute approximate surface area is 157 Å². The van der Waals surface area contributed by atoms with Crippen molar-refractivity contribution in [1.29, 1.82) is 0 Å². The van der Waals surface area contributed by atoms with Crippen molar-refractivity contribution in [2.45, 2.75) is 13.5 Å². The van der Waals surface area contributed by atoms with Gasteiger partial charge in [0.25, 0.3) is 0 Å². The molecule has 136 valence electrons. The lowest BCUT2D eigenvalue weighted by Crippen LogP contribution is -2.01. The van der Waals surface area contributed by atoms with Crippen molar-refractivity contribution in [3.8, 4) is 5.75 Å². The monoisotopic (exact) mass is 360 g/mol. The molecule has 5 nitrogen and oxygen atoms in total. The van der Waals surface area contributed by atoms with E-state index in [0.29, 0.717) is 12.3 Å². The molecule has 2 N–H and O–H groups in total. The number of aryl methyl sites for hydroxylation is 1. The number of hydrazone groups is 1. The summed E-state index contributed by atoms with van der Waals surface area (Å²) in [6.07, 6.45) is 1.65. The first kappa shape index (κ1) is 18.2. The van der Waals surface area contributed by atoms with Crippen LogP contribution in [0.5, 0.6) is 5.75 Å². The molecule has 3 aromatic rings. The average Bonchev–Trinajstić information content (AvgIpc) is 2.68. The summed E-state index contributed by atoms with van der Waals surface area (Å²) in [5, 5.41) is 13.2. The molecule has 0 aliphatic carbocycles. The summed E-state index contributed by atoms with van der Waals surface area (Å²) in [5.41, 5.74) is 6.80. The molecule has 3 rings (SSSR count). The molecule has 0 amide bonds. The predicted molar refractivity (Wildman–Crippen MR) is 107 cm³/mol. The molecule has 0 aromatic heterocycles. The molecule has 27 heavy (non-hydrogen) atoms. The van der Waals surface area contributed by atoms with Crippen LogP contribution in [0.1, 0.15) is 27.0 Å². The van der Waals surface area contributed by atoms with Crippen LogP contribution in [0.15, 0.2) is 77.9 Å². The number of carbonyl (C=O) groups is 1. The minimum absolute atomic E-state index is 0.206. The van der Waals surface area contributed by atoms with Crippen LogP contribution in [-0.2, 0) is 6.61 Å². The molecule has 0 atom stereocenters. The third-order valence-electron chi connectivity index (χ3n) is 4.07. The van der Waals surface area contributed by atoms with Crippen molar-refractivity contribution >= 4 is 17.9 Å². The highest BCUT2D eigenvalue weighted by atomic mass is 16.5. The molecule has 0 unspecified atom stereocenters. The number of nitrogens with one attached hydrogen (secondary N) is 1. The molecule has 0 fully saturated rings. The number of carboxylic acids is 1. The molecule has 0 saturated carbocycles. The molecule has 0 heterocycles. The maximum Gasteiger partial charge on any atom is 0.335 e. The SMILES string of the molecule is Cc1ccccc1COc1ccccc1C=NNc1cccc(C(=O)O)c1. The molecule has 0 aliphatic heterocycles. The van der Waals surface area contributed by atoms with Gasteiger partial charge in [0.15, 0.2) is 0 Å². The zero-order valence-corrected chi connectivity index (χ0v) is 14.9. The minimum Gasteiger partial charge on any atom is -0.488 e. The fraction of sp³-hybridized carbons (Fsp3) is 0.0909. The van der Waals surface area contributed by atoms with Gasteiger partial charge in [-0.3, -0.25) is 5.43 Å². The normalized spacial score (nSPS) is 10.7. The highest BCUT2D eigenvalue weighted by Gasteiger charge is 2.04. The quantitative estimate of drug-likeness (QED) is 0.472. The second kappa shape index (κ2) is 8.67. The van der Waals surface area contributed by atoms with Crippen LogP contribution in [0.25, 0.3) is 0 Å². The number of benzene rings is 3. The van der Waals surface area contributed by atoms with E-state index >= 15 is 0 Å². The van der Waals surface area contributed by atoms with E-state index in [-0.39, 0.29) is 5.56 Å². The van der Waals surface area contributed by atoms with Gasteiger partial charge in [-0.1, -0.05) is 42.5 Å². The van der Waals surface area contributed by atoms with Gasteiger partial charge in [-0.05, 0) is 48.4 Å². The second-order valence-corrected chi connectivity index (χ2v) is 6.01. The Kier molecular flexibility index (Phi) is 5.84. The van der Waals surface area contributed by atoms with Crippen LogP contribution in [0.4, 0.5) is 5.69 Å². The Bertz CT molecular complexity index is 967. The number of aromatic carboxylic acids is 1. The molecule has 0 spiro atoms. The summed E-state index contributed by atoms with van der Waals surface area (Å²) in [4.78, 5) is 11.0. The van der Waals surface area contributed by atoms with Crippen molar-refractivity contribution in [3.63, 3.8) is 0 Å². The van der Waals surface area contributed by atoms with Gasteiger partial charge in [-0.25, -0.2) is 4.79 Å². The summed E-state index contributed by atoms with van der Waals surface area (Å²) in [7, 11) is 0. The Morgan fingerprint density at radius 2 is 1.85 bits per heavy atom. The number of para-hydroxylation sites is 1. The van der Waals surface area contributed by atoms with E-state index in [9.17, 15) is 4.79 Å². The van der Waals surface area contributed by atoms with Crippen molar-refractivity contribution < 1.29 is 14.6 Å². The van der Waals surface area contributed by atoms with Crippen LogP contribution in [0.2, 0.25) is 0 Å². The first-order chi connectivity index (χ1) is 13.1. The van der Waals surface area contributed by atoms with Crippen LogP contribution in [-0.4, -0.2) is 17.3 Å². The zero-order valence-electron chi connectivity index (χ0n) is 14.9. The van der Waals surface area contributed by atoms with Crippen molar-refractivity contribution in [3.05, 3.63) is 95.1 Å². The van der Waals surface area contributed by atoms with Gasteiger partial charge in [-0.2, -0.15) is 5.10 Å². The lowest BCUT2D eigenvalue weighted by Gasteiger charge is -2.10. The number of anilines is 1. The van der Waals surface area contributed by atoms with Crippen LogP contribution in [0, 0.1) is 6.92 Å². The maximum absolute atomic E-state index is 11.0. The first-order valence-corrected chi connectivity index (χ1v) is 8.52. The third-order valence-corrected chi connectivity index (χ3v) is 4.07. The van der Waals surface area contributed by atoms with Gasteiger partial charge in [0, 0.05) is 5.56 Å². The van der Waals surface area contributed by atoms with Crippen molar-refractivity contribution in [1.82, 2.24) is 0 Å². The topological polar surface area (TPSA) is 70.9 Å². The molecule has 0 radical (unpaired) electrons. The van der Waals surface area contributed by atoms with Gasteiger partial charge in [0.2, 0.25) is 0 Å². The van der Waals surface area contributed by atoms with E-state index < -0.39 is 5.97 Å². The number of rotatable bonds is 7. The van der Waals surface area contributed by atoms with Gasteiger partial charge >= 0.3 is 5.97 Å². The number of ether oxygens (including phenoxy) is 1. The molecular weight excluding hydrogens is 340 g/mol. The van der Waals surface area contributed by atoms with E-state index in [0.717, 1.165) is 16.9 Å². The molecule has 0 aliphatic rings. The van der Waals surface area contributed by atoms with Gasteiger partial charge in [0.05, 0.1) is 17.5 Å². The van der Waals surface area contributed by atoms with E-state index in [2.05, 4.69) is 23.5 Å². The van der Waals surface area contributed by atoms with Crippen LogP contribution < -0.4 is 10.2 Å². The van der Waals surface area contributed by atoms with Crippen LogP contribution in [0.3, 0.4) is 0 Å². The summed E-state index contributed by atoms with van der Waals surface area (Å²) < 4.78 is 5.96. The third kappa shape index (κ3) is 4.95. The number of hydrogen-bond donors (Lipinski definition) is 2. The maximum atomic E-state index is 11.0. The lowest BCUT2D eigenvalue weighted by atomic mass is 10.1. The lowest BCUT2D eigenvalue weighted by molar-refractivity contribution is 0.0697. The average molecular weight is 360 g/mol. The fourth-order valence-corrected chi connectivity index (χ4v) is 2.54. The highest BCUT2D eigenvalue weighted by molar-refractivity contribution is 5.89. The summed E-state index contributed by atoms with van der Waals surface area (Å²) in [6, 6.07) is 22.2. The van der Waals surface area contributed by atoms with Crippen LogP contribution >= 0.6 is 0 Å².